The first-order chi connectivity index (χ1) is 15.7. The predicted octanol–water partition coefficient (Wildman–Crippen LogP) is 5.13. The number of carbonyl (C=O) groups is 1. The van der Waals surface area contributed by atoms with Crippen molar-refractivity contribution in [2.75, 3.05) is 19.8 Å². The van der Waals surface area contributed by atoms with E-state index >= 15 is 0 Å². The molecule has 1 atom stereocenters. The van der Waals surface area contributed by atoms with Gasteiger partial charge in [-0.15, -0.1) is 0 Å². The number of carbonyl (C=O) groups excluding carboxylic acids is 1. The minimum atomic E-state index is -0.301. The Labute approximate surface area is 193 Å². The molecule has 1 aromatic carbocycles. The fraction of sp³-hybridized carbons (Fsp3) is 0.692. The molecule has 1 aromatic rings. The maximum Gasteiger partial charge on any atom is 0.254 e. The monoisotopic (exact) mass is 443 g/mol. The number of rotatable bonds is 12. The van der Waals surface area contributed by atoms with Gasteiger partial charge in [-0.05, 0) is 68.6 Å². The van der Waals surface area contributed by atoms with Crippen molar-refractivity contribution < 1.29 is 14.7 Å². The standard InChI is InChI=1S/C26H41N3O3/c27-25(28-31)24-13-9-18-29(24)26(30)23-16-14-21(15-17-23)10-5-2-1-3-8-19-32-20-22-11-6-4-7-12-22/h14-17,22,24,31H,1-13,18-20H2,(H2,27,28)/t24-/m0/s1. The molecule has 1 aliphatic carbocycles. The lowest BCUT2D eigenvalue weighted by atomic mass is 9.90. The molecule has 0 aromatic heterocycles. The fourth-order valence-electron chi connectivity index (χ4n) is 5.03. The topological polar surface area (TPSA) is 88.2 Å². The number of nitrogens with zero attached hydrogens (tertiary/aromatic N) is 2. The third-order valence-corrected chi connectivity index (χ3v) is 7.00. The van der Waals surface area contributed by atoms with Crippen LogP contribution in [0.3, 0.4) is 0 Å². The second kappa shape index (κ2) is 13.5. The maximum atomic E-state index is 12.8. The average molecular weight is 444 g/mol. The number of unbranched alkanes of at least 4 members (excludes halogenated alkanes) is 4. The second-order valence-corrected chi connectivity index (χ2v) is 9.48. The lowest BCUT2D eigenvalue weighted by molar-refractivity contribution is 0.0768. The molecule has 2 aliphatic rings. The number of benzene rings is 1. The third-order valence-electron chi connectivity index (χ3n) is 7.00. The molecule has 1 aliphatic heterocycles. The summed E-state index contributed by atoms with van der Waals surface area (Å²) in [5.74, 6) is 0.884. The molecule has 0 bridgehead atoms. The van der Waals surface area contributed by atoms with Crippen LogP contribution in [-0.4, -0.2) is 47.7 Å². The van der Waals surface area contributed by atoms with Crippen LogP contribution in [0, 0.1) is 5.92 Å². The molecular weight excluding hydrogens is 402 g/mol. The van der Waals surface area contributed by atoms with Gasteiger partial charge in [0, 0.05) is 25.3 Å². The highest BCUT2D eigenvalue weighted by Gasteiger charge is 2.32. The predicted molar refractivity (Wildman–Crippen MR) is 128 cm³/mol. The summed E-state index contributed by atoms with van der Waals surface area (Å²) in [6.07, 6.45) is 15.7. The van der Waals surface area contributed by atoms with Crippen LogP contribution in [0.4, 0.5) is 0 Å². The Morgan fingerprint density at radius 1 is 1.00 bits per heavy atom. The molecule has 2 fully saturated rings. The summed E-state index contributed by atoms with van der Waals surface area (Å²) >= 11 is 0. The number of amidine groups is 1. The molecule has 6 heteroatoms. The lowest BCUT2D eigenvalue weighted by Crippen LogP contribution is -2.43. The molecule has 32 heavy (non-hydrogen) atoms. The van der Waals surface area contributed by atoms with Gasteiger partial charge in [0.25, 0.3) is 5.91 Å². The Balaban J connectivity index is 1.27. The van der Waals surface area contributed by atoms with E-state index in [1.165, 1.54) is 69.8 Å². The zero-order valence-corrected chi connectivity index (χ0v) is 19.5. The molecule has 1 saturated heterocycles. The van der Waals surface area contributed by atoms with Crippen LogP contribution in [0.5, 0.6) is 0 Å². The van der Waals surface area contributed by atoms with Crippen molar-refractivity contribution in [3.63, 3.8) is 0 Å². The third kappa shape index (κ3) is 7.51. The van der Waals surface area contributed by atoms with E-state index in [1.807, 2.05) is 12.1 Å². The van der Waals surface area contributed by atoms with Crippen LogP contribution in [0.25, 0.3) is 0 Å². The number of oxime groups is 1. The van der Waals surface area contributed by atoms with Gasteiger partial charge >= 0.3 is 0 Å². The van der Waals surface area contributed by atoms with Gasteiger partial charge in [-0.1, -0.05) is 55.8 Å². The van der Waals surface area contributed by atoms with Crippen LogP contribution in [0.2, 0.25) is 0 Å². The Kier molecular flexibility index (Phi) is 10.3. The van der Waals surface area contributed by atoms with Crippen LogP contribution < -0.4 is 5.73 Å². The van der Waals surface area contributed by atoms with Crippen molar-refractivity contribution in [3.8, 4) is 0 Å². The van der Waals surface area contributed by atoms with Crippen molar-refractivity contribution in [1.82, 2.24) is 4.90 Å². The van der Waals surface area contributed by atoms with E-state index in [0.29, 0.717) is 12.1 Å². The molecule has 1 saturated carbocycles. The summed E-state index contributed by atoms with van der Waals surface area (Å²) in [5.41, 5.74) is 7.69. The first-order valence-corrected chi connectivity index (χ1v) is 12.6. The number of likely N-dealkylation sites (tertiary alicyclic amines) is 1. The van der Waals surface area contributed by atoms with E-state index in [2.05, 4.69) is 17.3 Å². The van der Waals surface area contributed by atoms with Crippen LogP contribution >= 0.6 is 0 Å². The van der Waals surface area contributed by atoms with E-state index in [-0.39, 0.29) is 17.8 Å². The van der Waals surface area contributed by atoms with Gasteiger partial charge in [0.1, 0.15) is 0 Å². The van der Waals surface area contributed by atoms with Crippen molar-refractivity contribution in [3.05, 3.63) is 35.4 Å². The number of hydrogen-bond acceptors (Lipinski definition) is 4. The smallest absolute Gasteiger partial charge is 0.254 e. The van der Waals surface area contributed by atoms with E-state index in [4.69, 9.17) is 15.7 Å². The van der Waals surface area contributed by atoms with Gasteiger partial charge in [-0.25, -0.2) is 0 Å². The second-order valence-electron chi connectivity index (χ2n) is 9.48. The Morgan fingerprint density at radius 3 is 2.47 bits per heavy atom. The summed E-state index contributed by atoms with van der Waals surface area (Å²) in [6, 6.07) is 7.62. The first-order valence-electron chi connectivity index (χ1n) is 12.6. The van der Waals surface area contributed by atoms with Crippen LogP contribution in [-0.2, 0) is 11.2 Å². The summed E-state index contributed by atoms with van der Waals surface area (Å²) in [6.45, 7) is 2.53. The summed E-state index contributed by atoms with van der Waals surface area (Å²) in [7, 11) is 0. The zero-order chi connectivity index (χ0) is 22.6. The number of ether oxygens (including phenoxy) is 1. The van der Waals surface area contributed by atoms with Gasteiger partial charge < -0.3 is 20.6 Å². The molecule has 178 valence electrons. The van der Waals surface area contributed by atoms with E-state index in [9.17, 15) is 4.79 Å². The first kappa shape index (κ1) is 24.6. The van der Waals surface area contributed by atoms with E-state index in [1.54, 1.807) is 4.90 Å². The van der Waals surface area contributed by atoms with Gasteiger partial charge in [-0.3, -0.25) is 4.79 Å². The van der Waals surface area contributed by atoms with Crippen LogP contribution in [0.1, 0.15) is 93.0 Å². The highest BCUT2D eigenvalue weighted by molar-refractivity contribution is 5.98. The molecule has 3 rings (SSSR count). The zero-order valence-electron chi connectivity index (χ0n) is 19.5. The Bertz CT molecular complexity index is 714. The van der Waals surface area contributed by atoms with Gasteiger partial charge in [-0.2, -0.15) is 0 Å². The highest BCUT2D eigenvalue weighted by atomic mass is 16.5. The Hall–Kier alpha value is -2.08. The molecule has 0 unspecified atom stereocenters. The van der Waals surface area contributed by atoms with Crippen molar-refractivity contribution in [2.24, 2.45) is 16.8 Å². The number of amides is 1. The summed E-state index contributed by atoms with van der Waals surface area (Å²) < 4.78 is 5.89. The quantitative estimate of drug-likeness (QED) is 0.154. The number of nitrogens with two attached hydrogens (primary N) is 1. The minimum absolute atomic E-state index is 0.0450. The molecule has 6 nitrogen and oxygen atoms in total. The molecular formula is C26H41N3O3. The van der Waals surface area contributed by atoms with E-state index < -0.39 is 0 Å². The Morgan fingerprint density at radius 2 is 1.72 bits per heavy atom. The normalized spacial score (nSPS) is 20.1. The van der Waals surface area contributed by atoms with Gasteiger partial charge in [0.05, 0.1) is 6.04 Å². The van der Waals surface area contributed by atoms with Crippen LogP contribution in [0.15, 0.2) is 29.4 Å². The van der Waals surface area contributed by atoms with Crippen molar-refractivity contribution >= 4 is 11.7 Å². The SMILES string of the molecule is N/C(=N\O)[C@@H]1CCCN1C(=O)c1ccc(CCCCCCCOCC2CCCCC2)cc1. The highest BCUT2D eigenvalue weighted by Crippen LogP contribution is 2.24. The van der Waals surface area contributed by atoms with E-state index in [0.717, 1.165) is 38.4 Å². The molecule has 3 N–H and O–H groups in total. The van der Waals surface area contributed by atoms with Gasteiger partial charge in [0.2, 0.25) is 0 Å². The molecule has 0 radical (unpaired) electrons. The number of aryl methyl sites for hydroxylation is 1. The summed E-state index contributed by atoms with van der Waals surface area (Å²) in [4.78, 5) is 14.5. The molecule has 1 heterocycles. The molecule has 0 spiro atoms. The summed E-state index contributed by atoms with van der Waals surface area (Å²) in [5, 5.41) is 12.0. The number of hydrogen-bond donors (Lipinski definition) is 2. The van der Waals surface area contributed by atoms with Gasteiger partial charge in [0.15, 0.2) is 5.84 Å². The van der Waals surface area contributed by atoms with Crippen molar-refractivity contribution in [2.45, 2.75) is 89.5 Å². The fourth-order valence-corrected chi connectivity index (χ4v) is 5.03. The lowest BCUT2D eigenvalue weighted by Gasteiger charge is -2.23. The largest absolute Gasteiger partial charge is 0.409 e. The molecule has 1 amide bonds. The van der Waals surface area contributed by atoms with Crippen molar-refractivity contribution in [1.29, 1.82) is 0 Å². The average Bonchev–Trinajstić information content (AvgIpc) is 3.33. The minimum Gasteiger partial charge on any atom is -0.409 e. The maximum absolute atomic E-state index is 12.8.